The van der Waals surface area contributed by atoms with E-state index in [9.17, 15) is 10.2 Å². The van der Waals surface area contributed by atoms with Crippen LogP contribution in [-0.4, -0.2) is 34.6 Å². The van der Waals surface area contributed by atoms with Gasteiger partial charge in [0.15, 0.2) is 0 Å². The summed E-state index contributed by atoms with van der Waals surface area (Å²) in [6.45, 7) is 7.11. The Bertz CT molecular complexity index is 343. The van der Waals surface area contributed by atoms with Crippen molar-refractivity contribution in [1.82, 2.24) is 0 Å². The van der Waals surface area contributed by atoms with E-state index in [0.717, 1.165) is 12.8 Å². The first-order valence-electron chi connectivity index (χ1n) is 7.40. The molecule has 0 amide bonds. The fourth-order valence-electron chi connectivity index (χ4n) is 4.92. The van der Waals surface area contributed by atoms with E-state index in [-0.39, 0.29) is 23.5 Å². The molecular formula is C15H26O3. The van der Waals surface area contributed by atoms with Crippen molar-refractivity contribution >= 4 is 0 Å². The van der Waals surface area contributed by atoms with Gasteiger partial charge in [0, 0.05) is 11.3 Å². The molecule has 3 heteroatoms. The van der Waals surface area contributed by atoms with E-state index in [1.165, 1.54) is 0 Å². The van der Waals surface area contributed by atoms with Gasteiger partial charge in [-0.1, -0.05) is 20.8 Å². The van der Waals surface area contributed by atoms with E-state index >= 15 is 0 Å². The minimum absolute atomic E-state index is 0.120. The van der Waals surface area contributed by atoms with Gasteiger partial charge >= 0.3 is 0 Å². The van der Waals surface area contributed by atoms with Gasteiger partial charge in [0.1, 0.15) is 0 Å². The Balaban J connectivity index is 1.98. The Hall–Kier alpha value is -0.120. The van der Waals surface area contributed by atoms with E-state index in [2.05, 4.69) is 20.8 Å². The highest BCUT2D eigenvalue weighted by Gasteiger charge is 2.64. The van der Waals surface area contributed by atoms with E-state index in [0.29, 0.717) is 31.3 Å². The molecule has 1 heterocycles. The largest absolute Gasteiger partial charge is 0.393 e. The molecule has 2 N–H and O–H groups in total. The van der Waals surface area contributed by atoms with Crippen LogP contribution in [0.2, 0.25) is 0 Å². The van der Waals surface area contributed by atoms with Crippen molar-refractivity contribution in [2.75, 3.05) is 6.61 Å². The minimum atomic E-state index is -0.688. The molecule has 0 bridgehead atoms. The zero-order valence-corrected chi connectivity index (χ0v) is 11.7. The third-order valence-corrected chi connectivity index (χ3v) is 6.05. The van der Waals surface area contributed by atoms with Crippen LogP contribution < -0.4 is 0 Å². The van der Waals surface area contributed by atoms with Crippen molar-refractivity contribution in [2.24, 2.45) is 23.2 Å². The van der Waals surface area contributed by atoms with Crippen molar-refractivity contribution in [2.45, 2.75) is 64.3 Å². The van der Waals surface area contributed by atoms with Gasteiger partial charge in [0.2, 0.25) is 0 Å². The molecule has 0 spiro atoms. The summed E-state index contributed by atoms with van der Waals surface area (Å²) >= 11 is 0. The zero-order valence-electron chi connectivity index (χ0n) is 11.7. The van der Waals surface area contributed by atoms with Crippen LogP contribution in [0.15, 0.2) is 0 Å². The smallest absolute Gasteiger partial charge is 0.0940 e. The second-order valence-corrected chi connectivity index (χ2v) is 7.36. The Morgan fingerprint density at radius 2 is 1.94 bits per heavy atom. The van der Waals surface area contributed by atoms with Gasteiger partial charge in [-0.25, -0.2) is 0 Å². The van der Waals surface area contributed by atoms with Gasteiger partial charge in [0.05, 0.1) is 24.4 Å². The molecule has 0 radical (unpaired) electrons. The van der Waals surface area contributed by atoms with Crippen LogP contribution in [0.4, 0.5) is 0 Å². The highest BCUT2D eigenvalue weighted by molar-refractivity contribution is 5.13. The summed E-state index contributed by atoms with van der Waals surface area (Å²) in [6, 6.07) is 0. The lowest BCUT2D eigenvalue weighted by atomic mass is 9.51. The molecule has 0 aromatic carbocycles. The number of ether oxygens (including phenoxy) is 1. The molecule has 3 aliphatic rings. The van der Waals surface area contributed by atoms with Crippen molar-refractivity contribution in [3.63, 3.8) is 0 Å². The van der Waals surface area contributed by atoms with Crippen LogP contribution in [0.25, 0.3) is 0 Å². The van der Waals surface area contributed by atoms with E-state index in [1.807, 2.05) is 0 Å². The van der Waals surface area contributed by atoms with Crippen LogP contribution in [-0.2, 0) is 4.74 Å². The standard InChI is InChI=1S/C15H26O3/c1-9(2)10-4-6-14(3)11(16)5-7-15(17)8-18-12(10)13(14)15/h9-13,16-17H,4-8H2,1-3H3/t10-,11+,12-,13+,14-,15+/m1/s1. The van der Waals surface area contributed by atoms with Crippen LogP contribution in [0, 0.1) is 23.2 Å². The van der Waals surface area contributed by atoms with Gasteiger partial charge in [-0.15, -0.1) is 0 Å². The molecular weight excluding hydrogens is 228 g/mol. The summed E-state index contributed by atoms with van der Waals surface area (Å²) in [6.07, 6.45) is 3.40. The van der Waals surface area contributed by atoms with Crippen LogP contribution in [0.3, 0.4) is 0 Å². The molecule has 0 aromatic heterocycles. The maximum Gasteiger partial charge on any atom is 0.0940 e. The first-order valence-corrected chi connectivity index (χ1v) is 7.40. The molecule has 1 saturated heterocycles. The quantitative estimate of drug-likeness (QED) is 0.752. The Morgan fingerprint density at radius 1 is 1.22 bits per heavy atom. The summed E-state index contributed by atoms with van der Waals surface area (Å²) in [5, 5.41) is 21.3. The van der Waals surface area contributed by atoms with Crippen molar-refractivity contribution < 1.29 is 14.9 Å². The van der Waals surface area contributed by atoms with E-state index < -0.39 is 5.60 Å². The van der Waals surface area contributed by atoms with Gasteiger partial charge in [-0.2, -0.15) is 0 Å². The highest BCUT2D eigenvalue weighted by atomic mass is 16.5. The molecule has 1 aliphatic heterocycles. The van der Waals surface area contributed by atoms with Crippen LogP contribution in [0.5, 0.6) is 0 Å². The molecule has 6 atom stereocenters. The fourth-order valence-corrected chi connectivity index (χ4v) is 4.92. The van der Waals surface area contributed by atoms with E-state index in [4.69, 9.17) is 4.74 Å². The van der Waals surface area contributed by atoms with Crippen LogP contribution in [0.1, 0.15) is 46.5 Å². The first-order chi connectivity index (χ1) is 8.38. The lowest BCUT2D eigenvalue weighted by Crippen LogP contribution is -2.60. The summed E-state index contributed by atoms with van der Waals surface area (Å²) in [7, 11) is 0. The number of aliphatic hydroxyl groups excluding tert-OH is 1. The predicted octanol–water partition coefficient (Wildman–Crippen LogP) is 1.96. The SMILES string of the molecule is CC(C)[C@H]1CC[C@@]2(C)[C@@H]3[C@@H]1OC[C@@]3(O)CC[C@@H]2O. The number of hydrogen-bond donors (Lipinski definition) is 2. The summed E-state index contributed by atoms with van der Waals surface area (Å²) in [5.74, 6) is 1.23. The monoisotopic (exact) mass is 254 g/mol. The lowest BCUT2D eigenvalue weighted by Gasteiger charge is -2.55. The fraction of sp³-hybridized carbons (Fsp3) is 1.00. The molecule has 2 saturated carbocycles. The second-order valence-electron chi connectivity index (χ2n) is 7.36. The number of aliphatic hydroxyl groups is 2. The topological polar surface area (TPSA) is 49.7 Å². The molecule has 0 aromatic rings. The molecule has 18 heavy (non-hydrogen) atoms. The van der Waals surface area contributed by atoms with Gasteiger partial charge < -0.3 is 14.9 Å². The maximum absolute atomic E-state index is 10.9. The third-order valence-electron chi connectivity index (χ3n) is 6.05. The van der Waals surface area contributed by atoms with Gasteiger partial charge in [-0.3, -0.25) is 0 Å². The molecule has 3 nitrogen and oxygen atoms in total. The summed E-state index contributed by atoms with van der Waals surface area (Å²) < 4.78 is 6.00. The van der Waals surface area contributed by atoms with E-state index in [1.54, 1.807) is 0 Å². The molecule has 3 fully saturated rings. The number of rotatable bonds is 1. The highest BCUT2D eigenvalue weighted by Crippen LogP contribution is 2.60. The maximum atomic E-state index is 10.9. The Kier molecular flexibility index (Phi) is 2.82. The average molecular weight is 254 g/mol. The van der Waals surface area contributed by atoms with Crippen molar-refractivity contribution in [3.05, 3.63) is 0 Å². The van der Waals surface area contributed by atoms with Crippen LogP contribution >= 0.6 is 0 Å². The number of hydrogen-bond acceptors (Lipinski definition) is 3. The second kappa shape index (κ2) is 3.94. The molecule has 2 aliphatic carbocycles. The predicted molar refractivity (Wildman–Crippen MR) is 69.1 cm³/mol. The van der Waals surface area contributed by atoms with Gasteiger partial charge in [-0.05, 0) is 37.5 Å². The van der Waals surface area contributed by atoms with Gasteiger partial charge in [0.25, 0.3) is 0 Å². The summed E-state index contributed by atoms with van der Waals surface area (Å²) in [4.78, 5) is 0. The molecule has 0 unspecified atom stereocenters. The molecule has 3 rings (SSSR count). The minimum Gasteiger partial charge on any atom is -0.393 e. The first kappa shape index (κ1) is 12.9. The zero-order chi connectivity index (χ0) is 13.1. The lowest BCUT2D eigenvalue weighted by molar-refractivity contribution is -0.170. The third kappa shape index (κ3) is 1.53. The normalized spacial score (nSPS) is 55.7. The molecule has 104 valence electrons. The van der Waals surface area contributed by atoms with Crippen molar-refractivity contribution in [3.8, 4) is 0 Å². The summed E-state index contributed by atoms with van der Waals surface area (Å²) in [5.41, 5.74) is -0.842. The Labute approximate surface area is 110 Å². The Morgan fingerprint density at radius 3 is 2.61 bits per heavy atom. The van der Waals surface area contributed by atoms with Crippen molar-refractivity contribution in [1.29, 1.82) is 0 Å². The average Bonchev–Trinajstić information content (AvgIpc) is 2.65.